The predicted molar refractivity (Wildman–Crippen MR) is 77.2 cm³/mol. The zero-order valence-corrected chi connectivity index (χ0v) is 10.6. The molecule has 0 saturated carbocycles. The molecule has 2 aromatic carbocycles. The molecule has 4 heteroatoms. The Hall–Kier alpha value is -2.26. The lowest BCUT2D eigenvalue weighted by molar-refractivity contribution is 0.561. The van der Waals surface area contributed by atoms with Crippen LogP contribution in [0.3, 0.4) is 0 Å². The second-order valence-corrected chi connectivity index (χ2v) is 4.49. The van der Waals surface area contributed by atoms with Crippen molar-refractivity contribution in [3.63, 3.8) is 0 Å². The molecule has 0 aliphatic carbocycles. The van der Waals surface area contributed by atoms with E-state index in [-0.39, 0.29) is 0 Å². The molecule has 1 heterocycles. The van der Waals surface area contributed by atoms with Gasteiger partial charge in [0.05, 0.1) is 16.4 Å². The van der Waals surface area contributed by atoms with Gasteiger partial charge in [-0.1, -0.05) is 35.9 Å². The first-order chi connectivity index (χ1) is 9.24. The number of fused-ring (bicyclic) bond motifs is 1. The van der Waals surface area contributed by atoms with Crippen molar-refractivity contribution in [2.45, 2.75) is 0 Å². The highest BCUT2D eigenvalue weighted by molar-refractivity contribution is 6.33. The normalized spacial score (nSPS) is 10.6. The van der Waals surface area contributed by atoms with Gasteiger partial charge in [0.1, 0.15) is 5.58 Å². The van der Waals surface area contributed by atoms with Gasteiger partial charge in [0.15, 0.2) is 0 Å². The topological polar surface area (TPSA) is 42.2 Å². The first kappa shape index (κ1) is 11.8. The quantitative estimate of drug-likeness (QED) is 0.711. The van der Waals surface area contributed by atoms with Crippen LogP contribution in [0.5, 0.6) is 0 Å². The average Bonchev–Trinajstić information content (AvgIpc) is 2.41. The Morgan fingerprint density at radius 2 is 1.68 bits per heavy atom. The van der Waals surface area contributed by atoms with Crippen molar-refractivity contribution in [2.24, 2.45) is 0 Å². The Balaban J connectivity index is 2.15. The van der Waals surface area contributed by atoms with E-state index in [2.05, 4.69) is 5.32 Å². The summed E-state index contributed by atoms with van der Waals surface area (Å²) in [7, 11) is 0. The molecule has 3 nitrogen and oxygen atoms in total. The van der Waals surface area contributed by atoms with E-state index in [4.69, 9.17) is 16.0 Å². The van der Waals surface area contributed by atoms with Crippen LogP contribution in [0.1, 0.15) is 0 Å². The van der Waals surface area contributed by atoms with Crippen molar-refractivity contribution in [1.82, 2.24) is 0 Å². The third-order valence-electron chi connectivity index (χ3n) is 2.79. The third-order valence-corrected chi connectivity index (χ3v) is 3.12. The fourth-order valence-electron chi connectivity index (χ4n) is 1.92. The van der Waals surface area contributed by atoms with Crippen molar-refractivity contribution in [3.05, 3.63) is 70.0 Å². The second-order valence-electron chi connectivity index (χ2n) is 4.08. The molecule has 94 valence electrons. The summed E-state index contributed by atoms with van der Waals surface area (Å²) in [5.74, 6) is 0. The average molecular weight is 272 g/mol. The van der Waals surface area contributed by atoms with Gasteiger partial charge in [-0.15, -0.1) is 0 Å². The van der Waals surface area contributed by atoms with E-state index in [9.17, 15) is 4.79 Å². The maximum atomic E-state index is 11.5. The standard InChI is InChI=1S/C15H10ClNO2/c16-11-6-2-3-7-12(11)17-13-9-15(18)19-14-8-4-1-5-10(13)14/h1-9,17H. The largest absolute Gasteiger partial charge is 0.423 e. The molecule has 0 atom stereocenters. The van der Waals surface area contributed by atoms with E-state index in [0.717, 1.165) is 11.1 Å². The van der Waals surface area contributed by atoms with E-state index in [1.54, 1.807) is 12.1 Å². The van der Waals surface area contributed by atoms with Gasteiger partial charge in [-0.2, -0.15) is 0 Å². The monoisotopic (exact) mass is 271 g/mol. The summed E-state index contributed by atoms with van der Waals surface area (Å²) in [6.07, 6.45) is 0. The fourth-order valence-corrected chi connectivity index (χ4v) is 2.11. The molecule has 0 aliphatic rings. The van der Waals surface area contributed by atoms with Crippen LogP contribution in [0.2, 0.25) is 5.02 Å². The minimum absolute atomic E-state index is 0.395. The van der Waals surface area contributed by atoms with Crippen LogP contribution in [-0.4, -0.2) is 0 Å². The molecule has 0 spiro atoms. The lowest BCUT2D eigenvalue weighted by atomic mass is 10.2. The molecule has 0 amide bonds. The maximum absolute atomic E-state index is 11.5. The van der Waals surface area contributed by atoms with Gasteiger partial charge in [-0.3, -0.25) is 0 Å². The van der Waals surface area contributed by atoms with Crippen LogP contribution in [0.4, 0.5) is 11.4 Å². The van der Waals surface area contributed by atoms with E-state index in [1.165, 1.54) is 6.07 Å². The van der Waals surface area contributed by atoms with Crippen molar-refractivity contribution in [3.8, 4) is 0 Å². The number of anilines is 2. The van der Waals surface area contributed by atoms with Crippen LogP contribution in [-0.2, 0) is 0 Å². The molecule has 19 heavy (non-hydrogen) atoms. The summed E-state index contributed by atoms with van der Waals surface area (Å²) in [5.41, 5.74) is 1.58. The molecular formula is C15H10ClNO2. The SMILES string of the molecule is O=c1cc(Nc2ccccc2Cl)c2ccccc2o1. The summed E-state index contributed by atoms with van der Waals surface area (Å²) >= 11 is 6.10. The first-order valence-corrected chi connectivity index (χ1v) is 6.16. The van der Waals surface area contributed by atoms with E-state index < -0.39 is 5.63 Å². The first-order valence-electron chi connectivity index (χ1n) is 5.78. The molecule has 1 N–H and O–H groups in total. The van der Waals surface area contributed by atoms with Gasteiger partial charge in [0, 0.05) is 11.5 Å². The predicted octanol–water partition coefficient (Wildman–Crippen LogP) is 4.19. The fraction of sp³-hybridized carbons (Fsp3) is 0. The van der Waals surface area contributed by atoms with Gasteiger partial charge >= 0.3 is 5.63 Å². The van der Waals surface area contributed by atoms with Crippen LogP contribution in [0.25, 0.3) is 11.0 Å². The Morgan fingerprint density at radius 3 is 2.53 bits per heavy atom. The number of nitrogens with one attached hydrogen (secondary N) is 1. The highest BCUT2D eigenvalue weighted by atomic mass is 35.5. The van der Waals surface area contributed by atoms with Crippen molar-refractivity contribution in [2.75, 3.05) is 5.32 Å². The Morgan fingerprint density at radius 1 is 0.947 bits per heavy atom. The summed E-state index contributed by atoms with van der Waals surface area (Å²) < 4.78 is 5.14. The van der Waals surface area contributed by atoms with Crippen molar-refractivity contribution >= 4 is 33.9 Å². The van der Waals surface area contributed by atoms with E-state index >= 15 is 0 Å². The van der Waals surface area contributed by atoms with Crippen LogP contribution in [0, 0.1) is 0 Å². The lowest BCUT2D eigenvalue weighted by Gasteiger charge is -2.09. The molecule has 3 aromatic rings. The van der Waals surface area contributed by atoms with Crippen molar-refractivity contribution in [1.29, 1.82) is 0 Å². The number of hydrogen-bond donors (Lipinski definition) is 1. The third kappa shape index (κ3) is 2.33. The molecule has 0 saturated heterocycles. The number of benzene rings is 2. The molecular weight excluding hydrogens is 262 g/mol. The number of rotatable bonds is 2. The zero-order valence-electron chi connectivity index (χ0n) is 9.89. The van der Waals surface area contributed by atoms with E-state index in [0.29, 0.717) is 16.3 Å². The Kier molecular flexibility index (Phi) is 2.97. The molecule has 0 aliphatic heterocycles. The van der Waals surface area contributed by atoms with Gasteiger partial charge in [0.25, 0.3) is 0 Å². The number of halogens is 1. The highest BCUT2D eigenvalue weighted by Gasteiger charge is 2.06. The number of hydrogen-bond acceptors (Lipinski definition) is 3. The minimum atomic E-state index is -0.395. The molecule has 1 aromatic heterocycles. The minimum Gasteiger partial charge on any atom is -0.423 e. The lowest BCUT2D eigenvalue weighted by Crippen LogP contribution is -2.01. The van der Waals surface area contributed by atoms with Gasteiger partial charge in [-0.05, 0) is 24.3 Å². The van der Waals surface area contributed by atoms with Gasteiger partial charge in [-0.25, -0.2) is 4.79 Å². The van der Waals surface area contributed by atoms with E-state index in [1.807, 2.05) is 36.4 Å². The summed E-state index contributed by atoms with van der Waals surface area (Å²) in [6, 6.07) is 16.2. The molecule has 0 radical (unpaired) electrons. The highest BCUT2D eigenvalue weighted by Crippen LogP contribution is 2.28. The summed E-state index contributed by atoms with van der Waals surface area (Å²) in [6.45, 7) is 0. The summed E-state index contributed by atoms with van der Waals surface area (Å²) in [5, 5.41) is 4.60. The van der Waals surface area contributed by atoms with Gasteiger partial charge in [0.2, 0.25) is 0 Å². The molecule has 0 bridgehead atoms. The molecule has 0 unspecified atom stereocenters. The Labute approximate surface area is 114 Å². The smallest absolute Gasteiger partial charge is 0.338 e. The van der Waals surface area contributed by atoms with Gasteiger partial charge < -0.3 is 9.73 Å². The Bertz CT molecular complexity index is 795. The van der Waals surface area contributed by atoms with Crippen LogP contribution in [0.15, 0.2) is 63.8 Å². The molecule has 0 fully saturated rings. The van der Waals surface area contributed by atoms with Crippen LogP contribution >= 0.6 is 11.6 Å². The van der Waals surface area contributed by atoms with Crippen molar-refractivity contribution < 1.29 is 4.42 Å². The van der Waals surface area contributed by atoms with Crippen LogP contribution < -0.4 is 10.9 Å². The summed E-state index contributed by atoms with van der Waals surface area (Å²) in [4.78, 5) is 11.5. The molecule has 3 rings (SSSR count). The second kappa shape index (κ2) is 4.78. The maximum Gasteiger partial charge on any atom is 0.338 e. The number of para-hydroxylation sites is 2. The zero-order chi connectivity index (χ0) is 13.2.